The monoisotopic (exact) mass is 568 g/mol. The summed E-state index contributed by atoms with van der Waals surface area (Å²) in [5.74, 6) is 0.720. The number of aliphatic imine (C=N–C) groups is 1. The molecule has 8 nitrogen and oxygen atoms in total. The van der Waals surface area contributed by atoms with E-state index in [0.717, 1.165) is 75.3 Å². The van der Waals surface area contributed by atoms with E-state index in [1.165, 1.54) is 0 Å². The maximum atomic E-state index is 13.0. The van der Waals surface area contributed by atoms with Crippen LogP contribution in [-0.2, 0) is 9.53 Å². The SMILES string of the molecule is CCOC(=O)CC1c2sc3nnc(-c4ccccc4)c(-c4ccccc4)c3c2N=C(N2CCN(C)CC2)N1C(C)C. The fourth-order valence-electron chi connectivity index (χ4n) is 5.83. The Balaban J connectivity index is 1.63. The normalized spacial score (nSPS) is 17.6. The molecule has 4 heterocycles. The minimum Gasteiger partial charge on any atom is -0.466 e. The third-order valence-corrected chi connectivity index (χ3v) is 8.98. The van der Waals surface area contributed by atoms with Crippen LogP contribution in [0.25, 0.3) is 32.6 Å². The lowest BCUT2D eigenvalue weighted by molar-refractivity contribution is -0.144. The van der Waals surface area contributed by atoms with Crippen molar-refractivity contribution in [2.24, 2.45) is 4.99 Å². The number of rotatable bonds is 6. The van der Waals surface area contributed by atoms with Gasteiger partial charge in [0.1, 0.15) is 10.5 Å². The molecule has 0 aliphatic carbocycles. The summed E-state index contributed by atoms with van der Waals surface area (Å²) in [5, 5.41) is 10.5. The summed E-state index contributed by atoms with van der Waals surface area (Å²) in [6, 6.07) is 20.5. The standard InChI is InChI=1S/C32H36N6O2S/c1-5-40-25(39)20-24-30-29(33-32(38(24)21(2)3)37-18-16-36(4)17-19-37)27-26(22-12-8-6-9-13-22)28(34-35-31(27)41-30)23-14-10-7-11-15-23/h6-15,21,24H,5,16-20H2,1-4H3. The molecule has 0 radical (unpaired) electrons. The van der Waals surface area contributed by atoms with E-state index in [-0.39, 0.29) is 24.5 Å². The number of likely N-dealkylation sites (N-methyl/N-ethyl adjacent to an activating group) is 1. The van der Waals surface area contributed by atoms with Gasteiger partial charge in [0.05, 0.1) is 29.6 Å². The molecule has 1 fully saturated rings. The topological polar surface area (TPSA) is 74.2 Å². The minimum atomic E-state index is -0.209. The lowest BCUT2D eigenvalue weighted by Crippen LogP contribution is -2.55. The number of guanidine groups is 1. The van der Waals surface area contributed by atoms with Gasteiger partial charge in [0.15, 0.2) is 0 Å². The highest BCUT2D eigenvalue weighted by Gasteiger charge is 2.40. The fourth-order valence-corrected chi connectivity index (χ4v) is 7.00. The second-order valence-corrected chi connectivity index (χ2v) is 11.9. The average Bonchev–Trinajstić information content (AvgIpc) is 3.36. The zero-order chi connectivity index (χ0) is 28.5. The highest BCUT2D eigenvalue weighted by molar-refractivity contribution is 7.19. The van der Waals surface area contributed by atoms with Crippen LogP contribution in [0.5, 0.6) is 0 Å². The van der Waals surface area contributed by atoms with Crippen LogP contribution in [0.4, 0.5) is 5.69 Å². The molecule has 0 amide bonds. The van der Waals surface area contributed by atoms with E-state index in [1.807, 2.05) is 31.2 Å². The molecular weight excluding hydrogens is 532 g/mol. The number of ether oxygens (including phenoxy) is 1. The Labute approximate surface area is 245 Å². The molecule has 1 saturated heterocycles. The molecular formula is C32H36N6O2S. The van der Waals surface area contributed by atoms with E-state index in [0.29, 0.717) is 6.61 Å². The van der Waals surface area contributed by atoms with Crippen LogP contribution < -0.4 is 0 Å². The summed E-state index contributed by atoms with van der Waals surface area (Å²) in [6.07, 6.45) is 0.248. The molecule has 0 bridgehead atoms. The summed E-state index contributed by atoms with van der Waals surface area (Å²) in [6.45, 7) is 10.2. The van der Waals surface area contributed by atoms with E-state index in [9.17, 15) is 4.79 Å². The Morgan fingerprint density at radius 2 is 1.63 bits per heavy atom. The number of esters is 1. The van der Waals surface area contributed by atoms with E-state index in [2.05, 4.69) is 72.0 Å². The second kappa shape index (κ2) is 11.6. The molecule has 0 N–H and O–H groups in total. The van der Waals surface area contributed by atoms with Gasteiger partial charge in [-0.2, -0.15) is 0 Å². The maximum Gasteiger partial charge on any atom is 0.308 e. The van der Waals surface area contributed by atoms with Crippen LogP contribution >= 0.6 is 11.3 Å². The third kappa shape index (κ3) is 5.20. The number of aromatic nitrogens is 2. The predicted octanol–water partition coefficient (Wildman–Crippen LogP) is 5.98. The molecule has 1 unspecified atom stereocenters. The zero-order valence-electron chi connectivity index (χ0n) is 24.1. The molecule has 212 valence electrons. The molecule has 2 aliphatic heterocycles. The smallest absolute Gasteiger partial charge is 0.308 e. The van der Waals surface area contributed by atoms with Crippen molar-refractivity contribution < 1.29 is 9.53 Å². The first-order valence-corrected chi connectivity index (χ1v) is 15.2. The molecule has 2 aliphatic rings. The van der Waals surface area contributed by atoms with Gasteiger partial charge in [0, 0.05) is 48.7 Å². The summed E-state index contributed by atoms with van der Waals surface area (Å²) < 4.78 is 5.48. The van der Waals surface area contributed by atoms with Crippen molar-refractivity contribution >= 4 is 39.2 Å². The first-order valence-electron chi connectivity index (χ1n) is 14.4. The van der Waals surface area contributed by atoms with Gasteiger partial charge in [-0.3, -0.25) is 4.79 Å². The predicted molar refractivity (Wildman–Crippen MR) is 165 cm³/mol. The molecule has 0 spiro atoms. The number of hydrogen-bond acceptors (Lipinski definition) is 9. The fraction of sp³-hybridized carbons (Fsp3) is 0.375. The van der Waals surface area contributed by atoms with Crippen LogP contribution in [-0.4, -0.2) is 82.7 Å². The number of nitrogens with zero attached hydrogens (tertiary/aromatic N) is 6. The number of thiophene rings is 1. The van der Waals surface area contributed by atoms with Crippen molar-refractivity contribution in [3.05, 3.63) is 65.5 Å². The molecule has 2 aromatic heterocycles. The van der Waals surface area contributed by atoms with Crippen LogP contribution in [0.15, 0.2) is 65.7 Å². The number of piperazine rings is 1. The van der Waals surface area contributed by atoms with Crippen molar-refractivity contribution in [1.82, 2.24) is 24.9 Å². The number of benzene rings is 2. The van der Waals surface area contributed by atoms with Gasteiger partial charge >= 0.3 is 5.97 Å². The lowest BCUT2D eigenvalue weighted by atomic mass is 9.95. The number of hydrogen-bond donors (Lipinski definition) is 0. The third-order valence-electron chi connectivity index (χ3n) is 7.82. The highest BCUT2D eigenvalue weighted by atomic mass is 32.1. The van der Waals surface area contributed by atoms with Gasteiger partial charge < -0.3 is 19.4 Å². The maximum absolute atomic E-state index is 13.0. The van der Waals surface area contributed by atoms with Crippen molar-refractivity contribution in [2.75, 3.05) is 39.8 Å². The zero-order valence-corrected chi connectivity index (χ0v) is 24.9. The molecule has 1 atom stereocenters. The van der Waals surface area contributed by atoms with Crippen LogP contribution in [0.2, 0.25) is 0 Å². The van der Waals surface area contributed by atoms with E-state index in [4.69, 9.17) is 19.9 Å². The number of carbonyl (C=O) groups is 1. The average molecular weight is 569 g/mol. The molecule has 2 aromatic carbocycles. The van der Waals surface area contributed by atoms with Crippen molar-refractivity contribution in [2.45, 2.75) is 39.3 Å². The lowest BCUT2D eigenvalue weighted by Gasteiger charge is -2.45. The van der Waals surface area contributed by atoms with Crippen LogP contribution in [0.1, 0.15) is 38.1 Å². The second-order valence-electron chi connectivity index (χ2n) is 10.9. The van der Waals surface area contributed by atoms with Gasteiger partial charge in [-0.15, -0.1) is 21.5 Å². The van der Waals surface area contributed by atoms with E-state index < -0.39 is 0 Å². The van der Waals surface area contributed by atoms with Crippen molar-refractivity contribution in [1.29, 1.82) is 0 Å². The van der Waals surface area contributed by atoms with Gasteiger partial charge in [-0.25, -0.2) is 4.99 Å². The molecule has 0 saturated carbocycles. The number of fused-ring (bicyclic) bond motifs is 3. The summed E-state index contributed by atoms with van der Waals surface area (Å²) >= 11 is 1.59. The Kier molecular flexibility index (Phi) is 7.73. The quantitative estimate of drug-likeness (QED) is 0.265. The summed E-state index contributed by atoms with van der Waals surface area (Å²) in [5.41, 5.74) is 4.82. The number of carbonyl (C=O) groups excluding carboxylic acids is 1. The summed E-state index contributed by atoms with van der Waals surface area (Å²) in [7, 11) is 2.16. The minimum absolute atomic E-state index is 0.130. The van der Waals surface area contributed by atoms with Gasteiger partial charge in [0.25, 0.3) is 0 Å². The molecule has 6 rings (SSSR count). The van der Waals surface area contributed by atoms with E-state index in [1.54, 1.807) is 11.3 Å². The molecule has 9 heteroatoms. The molecule has 41 heavy (non-hydrogen) atoms. The Bertz CT molecular complexity index is 1560. The van der Waals surface area contributed by atoms with Gasteiger partial charge in [0.2, 0.25) is 5.96 Å². The van der Waals surface area contributed by atoms with Crippen LogP contribution in [0.3, 0.4) is 0 Å². The van der Waals surface area contributed by atoms with Gasteiger partial charge in [-0.1, -0.05) is 60.7 Å². The first kappa shape index (κ1) is 27.4. The van der Waals surface area contributed by atoms with Crippen molar-refractivity contribution in [3.8, 4) is 22.4 Å². The molecule has 4 aromatic rings. The highest BCUT2D eigenvalue weighted by Crippen LogP contribution is 2.51. The summed E-state index contributed by atoms with van der Waals surface area (Å²) in [4.78, 5) is 27.4. The Morgan fingerprint density at radius 3 is 2.27 bits per heavy atom. The van der Waals surface area contributed by atoms with Gasteiger partial charge in [-0.05, 0) is 33.4 Å². The Morgan fingerprint density at radius 1 is 0.976 bits per heavy atom. The van der Waals surface area contributed by atoms with E-state index >= 15 is 0 Å². The van der Waals surface area contributed by atoms with Crippen molar-refractivity contribution in [3.63, 3.8) is 0 Å². The van der Waals surface area contributed by atoms with Crippen LogP contribution in [0, 0.1) is 0 Å². The first-order chi connectivity index (χ1) is 20.0. The largest absolute Gasteiger partial charge is 0.466 e. The Hall–Kier alpha value is -3.82.